The van der Waals surface area contributed by atoms with Gasteiger partial charge in [0.2, 0.25) is 0 Å². The molecule has 10 nitrogen and oxygen atoms in total. The van der Waals surface area contributed by atoms with Gasteiger partial charge in [-0.05, 0) is 51.6 Å². The van der Waals surface area contributed by atoms with Crippen LogP contribution in [0.15, 0.2) is 12.2 Å². The first kappa shape index (κ1) is 96.9. The number of rotatable bonds is 0. The van der Waals surface area contributed by atoms with Gasteiger partial charge < -0.3 is 52.6 Å². The Morgan fingerprint density at radius 3 is 0.533 bits per heavy atom. The maximum atomic E-state index is 5.01. The second kappa shape index (κ2) is 130. The van der Waals surface area contributed by atoms with E-state index >= 15 is 0 Å². The van der Waals surface area contributed by atoms with Gasteiger partial charge in [-0.2, -0.15) is 11.8 Å². The Hall–Kier alpha value is -0.310. The smallest absolute Gasteiger partial charge is 0.0591 e. The fourth-order valence-electron chi connectivity index (χ4n) is 6.73. The molecule has 6 aliphatic heterocycles. The normalized spacial score (nSPS) is 18.2. The first-order valence-corrected chi connectivity index (χ1v) is 34.8. The molecule has 4 aliphatic carbocycles. The molecule has 3 saturated carbocycles. The first-order valence-electron chi connectivity index (χ1n) is 33.7. The average molecular weight is 1100 g/mol. The van der Waals surface area contributed by atoms with Gasteiger partial charge >= 0.3 is 0 Å². The molecule has 75 heavy (non-hydrogen) atoms. The highest BCUT2D eigenvalue weighted by molar-refractivity contribution is 7.99. The quantitative estimate of drug-likeness (QED) is 0.108. The number of piperazine rings is 1. The van der Waals surface area contributed by atoms with E-state index in [0.717, 1.165) is 92.0 Å². The molecule has 0 radical (unpaired) electrons. The molecule has 6 saturated heterocycles. The Labute approximate surface area is 483 Å². The molecule has 9 N–H and O–H groups in total. The lowest BCUT2D eigenvalue weighted by atomic mass is 10.1. The summed E-state index contributed by atoms with van der Waals surface area (Å²) in [5.74, 6) is 2.61. The maximum Gasteiger partial charge on any atom is 0.0591 e. The number of allylic oxidation sites excluding steroid dienone is 2. The van der Waals surface area contributed by atoms with Gasteiger partial charge in [-0.3, -0.25) is 0 Å². The van der Waals surface area contributed by atoms with Crippen LogP contribution in [0.3, 0.4) is 0 Å². The molecule has 0 spiro atoms. The minimum absolute atomic E-state index is 0.889. The zero-order valence-corrected chi connectivity index (χ0v) is 57.0. The third kappa shape index (κ3) is 127. The highest BCUT2D eigenvalue weighted by Crippen LogP contribution is 2.16. The molecular formula is C64H155N9OS. The number of piperidine rings is 1. The molecule has 0 amide bonds. The van der Waals surface area contributed by atoms with Crippen molar-refractivity contribution < 1.29 is 4.74 Å². The van der Waals surface area contributed by atoms with Crippen LogP contribution in [0.2, 0.25) is 0 Å². The van der Waals surface area contributed by atoms with Crippen molar-refractivity contribution in [3.63, 3.8) is 0 Å². The summed E-state index contributed by atoms with van der Waals surface area (Å²) in [5.41, 5.74) is 0. The zero-order valence-electron chi connectivity index (χ0n) is 56.2. The summed E-state index contributed by atoms with van der Waals surface area (Å²) in [5, 5.41) is 28.6. The van der Waals surface area contributed by atoms with Crippen LogP contribution in [0, 0.1) is 0 Å². The van der Waals surface area contributed by atoms with E-state index in [2.05, 4.69) is 60.0 Å². The summed E-state index contributed by atoms with van der Waals surface area (Å²) >= 11 is 2.03. The monoisotopic (exact) mass is 1100 g/mol. The van der Waals surface area contributed by atoms with E-state index in [-0.39, 0.29) is 0 Å². The van der Waals surface area contributed by atoms with Gasteiger partial charge in [0.15, 0.2) is 0 Å². The minimum Gasteiger partial charge on any atom is -0.379 e. The first-order chi connectivity index (χ1) is 37.5. The van der Waals surface area contributed by atoms with E-state index in [1.165, 1.54) is 179 Å². The van der Waals surface area contributed by atoms with Crippen molar-refractivity contribution in [3.05, 3.63) is 12.2 Å². The molecule has 0 atom stereocenters. The van der Waals surface area contributed by atoms with Crippen LogP contribution in [0.1, 0.15) is 280 Å². The van der Waals surface area contributed by atoms with E-state index in [9.17, 15) is 0 Å². The second-order valence-corrected chi connectivity index (χ2v) is 16.7. The predicted octanol–water partition coefficient (Wildman–Crippen LogP) is 16.4. The summed E-state index contributed by atoms with van der Waals surface area (Å²) < 4.78 is 5.01. The van der Waals surface area contributed by atoms with Crippen molar-refractivity contribution in [2.45, 2.75) is 280 Å². The molecule has 10 rings (SSSR count). The number of nitrogens with one attached hydrogen (secondary N) is 9. The van der Waals surface area contributed by atoms with E-state index in [4.69, 9.17) is 4.74 Å². The Morgan fingerprint density at radius 1 is 0.227 bits per heavy atom. The summed E-state index contributed by atoms with van der Waals surface area (Å²) in [7, 11) is 0. The molecular weight excluding hydrogens is 943 g/mol. The zero-order chi connectivity index (χ0) is 58.9. The molecule has 9 fully saturated rings. The number of thioether (sulfide) groups is 1. The van der Waals surface area contributed by atoms with Crippen molar-refractivity contribution in [3.8, 4) is 0 Å². The Morgan fingerprint density at radius 2 is 0.440 bits per heavy atom. The highest BCUT2D eigenvalue weighted by atomic mass is 32.2. The summed E-state index contributed by atoms with van der Waals surface area (Å²) in [6, 6.07) is 0. The fourth-order valence-corrected chi connectivity index (χ4v) is 7.51. The maximum absolute atomic E-state index is 5.01. The molecule has 10 aliphatic rings. The summed E-state index contributed by atoms with van der Waals surface area (Å²) in [6.07, 6.45) is 36.7. The van der Waals surface area contributed by atoms with Crippen LogP contribution in [0.5, 0.6) is 0 Å². The van der Waals surface area contributed by atoms with Crippen LogP contribution >= 0.6 is 11.8 Å². The van der Waals surface area contributed by atoms with E-state index in [1.54, 1.807) is 0 Å². The molecule has 0 aromatic carbocycles. The number of ether oxygens (including phenoxy) is 1. The Balaban J connectivity index is -0.0000000755. The van der Waals surface area contributed by atoms with Crippen molar-refractivity contribution in [1.82, 2.24) is 47.9 Å². The predicted molar refractivity (Wildman–Crippen MR) is 358 cm³/mol. The van der Waals surface area contributed by atoms with Crippen LogP contribution in [0.4, 0.5) is 0 Å². The molecule has 11 heteroatoms. The highest BCUT2D eigenvalue weighted by Gasteiger charge is 1.98. The molecule has 468 valence electrons. The summed E-state index contributed by atoms with van der Waals surface area (Å²) in [6.45, 7) is 59.9. The topological polar surface area (TPSA) is 118 Å². The third-order valence-electron chi connectivity index (χ3n) is 10.2. The van der Waals surface area contributed by atoms with Gasteiger partial charge in [-0.25, -0.2) is 0 Å². The summed E-state index contributed by atoms with van der Waals surface area (Å²) in [4.78, 5) is 0. The lowest BCUT2D eigenvalue weighted by Crippen LogP contribution is -2.39. The Kier molecular flexibility index (Phi) is 168. The number of hydrogen-bond acceptors (Lipinski definition) is 11. The lowest BCUT2D eigenvalue weighted by molar-refractivity contribution is 0.109. The molecule has 0 aromatic heterocycles. The van der Waals surface area contributed by atoms with Gasteiger partial charge in [0.1, 0.15) is 0 Å². The van der Waals surface area contributed by atoms with Gasteiger partial charge in [0.25, 0.3) is 0 Å². The Bertz CT molecular complexity index is 496. The largest absolute Gasteiger partial charge is 0.379 e. The van der Waals surface area contributed by atoms with Crippen LogP contribution in [-0.4, -0.2) is 130 Å². The molecule has 0 aromatic rings. The van der Waals surface area contributed by atoms with Gasteiger partial charge in [-0.1, -0.05) is 253 Å². The minimum atomic E-state index is 0.889. The average Bonchev–Trinajstić information content (AvgIpc) is 4.43. The van der Waals surface area contributed by atoms with Gasteiger partial charge in [0.05, 0.1) is 13.2 Å². The lowest BCUT2D eigenvalue weighted by Gasteiger charge is -2.11. The van der Waals surface area contributed by atoms with Crippen LogP contribution < -0.4 is 47.9 Å². The van der Waals surface area contributed by atoms with Crippen molar-refractivity contribution in [1.29, 1.82) is 0 Å². The molecule has 6 heterocycles. The van der Waals surface area contributed by atoms with Crippen molar-refractivity contribution in [2.75, 3.05) is 130 Å². The molecule has 0 unspecified atom stereocenters. The van der Waals surface area contributed by atoms with E-state index in [1.807, 2.05) is 150 Å². The van der Waals surface area contributed by atoms with Crippen molar-refractivity contribution in [2.24, 2.45) is 0 Å². The van der Waals surface area contributed by atoms with Gasteiger partial charge in [-0.15, -0.1) is 0 Å². The number of morpholine rings is 1. The number of hydrogen-bond donors (Lipinski definition) is 9. The van der Waals surface area contributed by atoms with E-state index < -0.39 is 0 Å². The van der Waals surface area contributed by atoms with Crippen LogP contribution in [-0.2, 0) is 4.74 Å². The van der Waals surface area contributed by atoms with Crippen molar-refractivity contribution >= 4 is 11.8 Å². The van der Waals surface area contributed by atoms with Gasteiger partial charge in [0, 0.05) is 103 Å². The standard InChI is InChI=1S/C6H10.C5H11N.3C5H10.C4H10N2.C4H9NO.C4H9NS.2C3H8N2.10C2H6/c2*1-2-4-6-5-3-1;3*1-2-4-5-3-1;1-2-6-4-3-5-1;2*1-3-6-4-2-5-1;2*1-2-5-3-4-1;10*1-2/h1-2H,3-6H2;6H,1-5H2;3*1-5H2;5-6H,1-4H2;2*5H,1-4H2;2*4-5H,1-3H2;10*1-2H3. The van der Waals surface area contributed by atoms with Crippen LogP contribution in [0.25, 0.3) is 0 Å². The third-order valence-corrected chi connectivity index (χ3v) is 11.2. The molecule has 0 bridgehead atoms. The second-order valence-electron chi connectivity index (χ2n) is 15.4. The van der Waals surface area contributed by atoms with E-state index in [0.29, 0.717) is 0 Å². The SMILES string of the molecule is C1=CCCCC1.C1CCCC1.C1CCCC1.C1CCCC1.C1CCNCC1.C1CNCCN1.C1CNCN1.C1CNCN1.C1COCCN1.C1CSCCN1.CC.CC.CC.CC.CC.CC.CC.CC.CC.CC. The fraction of sp³-hybridized carbons (Fsp3) is 0.969.